The molecule has 0 bridgehead atoms. The summed E-state index contributed by atoms with van der Waals surface area (Å²) in [5.74, 6) is 0.856. The van der Waals surface area contributed by atoms with Crippen LogP contribution in [-0.2, 0) is 9.59 Å². The molecule has 1 fully saturated rings. The summed E-state index contributed by atoms with van der Waals surface area (Å²) in [5, 5.41) is 0. The molecule has 0 amide bonds. The summed E-state index contributed by atoms with van der Waals surface area (Å²) in [6.07, 6.45) is 8.28. The maximum atomic E-state index is 11.8. The summed E-state index contributed by atoms with van der Waals surface area (Å²) in [5.41, 5.74) is 0. The Balaban J connectivity index is 2.19. The molecule has 15 heavy (non-hydrogen) atoms. The van der Waals surface area contributed by atoms with E-state index in [1.807, 2.05) is 6.92 Å². The molecule has 1 aliphatic carbocycles. The fourth-order valence-electron chi connectivity index (χ4n) is 2.30. The second-order valence-electron chi connectivity index (χ2n) is 4.59. The summed E-state index contributed by atoms with van der Waals surface area (Å²) in [6, 6.07) is 0. The summed E-state index contributed by atoms with van der Waals surface area (Å²) in [4.78, 5) is 23.0. The third-order valence-electron chi connectivity index (χ3n) is 3.24. The van der Waals surface area contributed by atoms with Gasteiger partial charge in [0.05, 0.1) is 0 Å². The summed E-state index contributed by atoms with van der Waals surface area (Å²) < 4.78 is 0. The minimum Gasteiger partial charge on any atom is -0.300 e. The highest BCUT2D eigenvalue weighted by atomic mass is 16.1. The van der Waals surface area contributed by atoms with Gasteiger partial charge in [0, 0.05) is 25.2 Å². The first-order valence-corrected chi connectivity index (χ1v) is 6.28. The number of hydrogen-bond acceptors (Lipinski definition) is 2. The van der Waals surface area contributed by atoms with E-state index in [9.17, 15) is 9.59 Å². The topological polar surface area (TPSA) is 34.1 Å². The van der Waals surface area contributed by atoms with Crippen LogP contribution in [0.1, 0.15) is 64.7 Å². The highest BCUT2D eigenvalue weighted by Gasteiger charge is 2.20. The van der Waals surface area contributed by atoms with Gasteiger partial charge in [0.1, 0.15) is 11.6 Å². The Kier molecular flexibility index (Phi) is 5.59. The van der Waals surface area contributed by atoms with Gasteiger partial charge < -0.3 is 0 Å². The molecule has 1 rings (SSSR count). The molecule has 0 unspecified atom stereocenters. The van der Waals surface area contributed by atoms with Crippen molar-refractivity contribution in [3.05, 3.63) is 0 Å². The van der Waals surface area contributed by atoms with Crippen LogP contribution in [0, 0.1) is 5.92 Å². The lowest BCUT2D eigenvalue weighted by Gasteiger charge is -2.19. The second kappa shape index (κ2) is 6.76. The molecule has 0 N–H and O–H groups in total. The zero-order chi connectivity index (χ0) is 11.1. The minimum atomic E-state index is 0.252. The standard InChI is InChI=1S/C13H22O2/c1-2-6-12(14)9-10-13(15)11-7-4-3-5-8-11/h11H,2-10H2,1H3. The fraction of sp³-hybridized carbons (Fsp3) is 0.846. The van der Waals surface area contributed by atoms with E-state index in [-0.39, 0.29) is 11.7 Å². The molecular formula is C13H22O2. The van der Waals surface area contributed by atoms with Gasteiger partial charge in [-0.1, -0.05) is 26.2 Å². The molecule has 1 aliphatic rings. The Bertz CT molecular complexity index is 215. The predicted molar refractivity (Wildman–Crippen MR) is 60.7 cm³/mol. The zero-order valence-electron chi connectivity index (χ0n) is 9.76. The Hall–Kier alpha value is -0.660. The van der Waals surface area contributed by atoms with Crippen molar-refractivity contribution in [2.45, 2.75) is 64.7 Å². The summed E-state index contributed by atoms with van der Waals surface area (Å²) >= 11 is 0. The number of carbonyl (C=O) groups is 2. The number of Topliss-reactive ketones (excluding diaryl/α,β-unsaturated/α-hetero) is 2. The molecular weight excluding hydrogens is 188 g/mol. The van der Waals surface area contributed by atoms with Crippen molar-refractivity contribution in [2.75, 3.05) is 0 Å². The van der Waals surface area contributed by atoms with E-state index in [1.54, 1.807) is 0 Å². The first-order valence-electron chi connectivity index (χ1n) is 6.28. The molecule has 0 atom stereocenters. The molecule has 0 radical (unpaired) electrons. The van der Waals surface area contributed by atoms with Gasteiger partial charge in [0.15, 0.2) is 0 Å². The Morgan fingerprint density at radius 2 is 1.67 bits per heavy atom. The molecule has 2 nitrogen and oxygen atoms in total. The number of carbonyl (C=O) groups excluding carboxylic acids is 2. The molecule has 0 aromatic carbocycles. The Morgan fingerprint density at radius 3 is 2.27 bits per heavy atom. The van der Waals surface area contributed by atoms with E-state index < -0.39 is 0 Å². The minimum absolute atomic E-state index is 0.252. The molecule has 0 saturated heterocycles. The van der Waals surface area contributed by atoms with Crippen LogP contribution >= 0.6 is 0 Å². The van der Waals surface area contributed by atoms with Crippen molar-refractivity contribution < 1.29 is 9.59 Å². The highest BCUT2D eigenvalue weighted by Crippen LogP contribution is 2.25. The lowest BCUT2D eigenvalue weighted by molar-refractivity contribution is -0.127. The van der Waals surface area contributed by atoms with Crippen molar-refractivity contribution in [2.24, 2.45) is 5.92 Å². The van der Waals surface area contributed by atoms with Gasteiger partial charge >= 0.3 is 0 Å². The van der Waals surface area contributed by atoms with E-state index in [4.69, 9.17) is 0 Å². The van der Waals surface area contributed by atoms with Crippen LogP contribution < -0.4 is 0 Å². The Labute approximate surface area is 92.4 Å². The van der Waals surface area contributed by atoms with E-state index in [2.05, 4.69) is 0 Å². The van der Waals surface area contributed by atoms with Crippen LogP contribution in [0.15, 0.2) is 0 Å². The van der Waals surface area contributed by atoms with E-state index in [1.165, 1.54) is 19.3 Å². The first kappa shape index (κ1) is 12.4. The van der Waals surface area contributed by atoms with Crippen molar-refractivity contribution >= 4 is 11.6 Å². The average molecular weight is 210 g/mol. The Morgan fingerprint density at radius 1 is 1.00 bits per heavy atom. The van der Waals surface area contributed by atoms with Crippen LogP contribution in [0.5, 0.6) is 0 Å². The fourth-order valence-corrected chi connectivity index (χ4v) is 2.30. The second-order valence-corrected chi connectivity index (χ2v) is 4.59. The molecule has 0 aromatic heterocycles. The van der Waals surface area contributed by atoms with Gasteiger partial charge in [0.25, 0.3) is 0 Å². The first-order chi connectivity index (χ1) is 7.24. The maximum absolute atomic E-state index is 11.8. The van der Waals surface area contributed by atoms with Crippen molar-refractivity contribution in [1.82, 2.24) is 0 Å². The molecule has 86 valence electrons. The van der Waals surface area contributed by atoms with Crippen molar-refractivity contribution in [3.63, 3.8) is 0 Å². The highest BCUT2D eigenvalue weighted by molar-refractivity contribution is 5.87. The molecule has 0 heterocycles. The smallest absolute Gasteiger partial charge is 0.136 e. The van der Waals surface area contributed by atoms with Crippen LogP contribution in [0.2, 0.25) is 0 Å². The van der Waals surface area contributed by atoms with Crippen molar-refractivity contribution in [1.29, 1.82) is 0 Å². The zero-order valence-corrected chi connectivity index (χ0v) is 9.76. The predicted octanol–water partition coefficient (Wildman–Crippen LogP) is 3.29. The van der Waals surface area contributed by atoms with Gasteiger partial charge in [-0.3, -0.25) is 9.59 Å². The van der Waals surface area contributed by atoms with Crippen molar-refractivity contribution in [3.8, 4) is 0 Å². The maximum Gasteiger partial charge on any atom is 0.136 e. The van der Waals surface area contributed by atoms with Gasteiger partial charge in [-0.25, -0.2) is 0 Å². The molecule has 0 aliphatic heterocycles. The quantitative estimate of drug-likeness (QED) is 0.674. The number of hydrogen-bond donors (Lipinski definition) is 0. The number of ketones is 2. The largest absolute Gasteiger partial charge is 0.300 e. The van der Waals surface area contributed by atoms with E-state index in [0.29, 0.717) is 25.0 Å². The van der Waals surface area contributed by atoms with Gasteiger partial charge in [-0.15, -0.1) is 0 Å². The van der Waals surface area contributed by atoms with Gasteiger partial charge in [-0.05, 0) is 19.3 Å². The van der Waals surface area contributed by atoms with E-state index in [0.717, 1.165) is 19.3 Å². The third kappa shape index (κ3) is 4.59. The summed E-state index contributed by atoms with van der Waals surface area (Å²) in [6.45, 7) is 2.00. The van der Waals surface area contributed by atoms with E-state index >= 15 is 0 Å². The summed E-state index contributed by atoms with van der Waals surface area (Å²) in [7, 11) is 0. The molecule has 1 saturated carbocycles. The van der Waals surface area contributed by atoms with Crippen LogP contribution in [0.3, 0.4) is 0 Å². The lowest BCUT2D eigenvalue weighted by Crippen LogP contribution is -2.18. The lowest BCUT2D eigenvalue weighted by atomic mass is 9.84. The molecule has 2 heteroatoms. The average Bonchev–Trinajstić information content (AvgIpc) is 2.27. The molecule has 0 aromatic rings. The monoisotopic (exact) mass is 210 g/mol. The van der Waals surface area contributed by atoms with Crippen LogP contribution in [0.4, 0.5) is 0 Å². The molecule has 0 spiro atoms. The van der Waals surface area contributed by atoms with Crippen LogP contribution in [0.25, 0.3) is 0 Å². The van der Waals surface area contributed by atoms with Gasteiger partial charge in [-0.2, -0.15) is 0 Å². The normalized spacial score (nSPS) is 17.7. The van der Waals surface area contributed by atoms with Gasteiger partial charge in [0.2, 0.25) is 0 Å². The SMILES string of the molecule is CCCC(=O)CCC(=O)C1CCCCC1. The third-order valence-corrected chi connectivity index (χ3v) is 3.24. The number of rotatable bonds is 6. The van der Waals surface area contributed by atoms with Crippen LogP contribution in [-0.4, -0.2) is 11.6 Å².